The monoisotopic (exact) mass is 242 g/mol. The number of likely N-dealkylation sites (tertiary alicyclic amines) is 1. The molecule has 98 valence electrons. The Labute approximate surface area is 102 Å². The fourth-order valence-electron chi connectivity index (χ4n) is 2.73. The van der Waals surface area contributed by atoms with Gasteiger partial charge in [-0.3, -0.25) is 0 Å². The minimum Gasteiger partial charge on any atom is -0.393 e. The van der Waals surface area contributed by atoms with E-state index in [2.05, 4.69) is 5.32 Å². The van der Waals surface area contributed by atoms with Gasteiger partial charge in [0.1, 0.15) is 0 Å². The lowest BCUT2D eigenvalue weighted by Crippen LogP contribution is -2.53. The minimum atomic E-state index is -0.236. The molecule has 0 aliphatic carbocycles. The van der Waals surface area contributed by atoms with Crippen LogP contribution in [0.15, 0.2) is 0 Å². The highest BCUT2D eigenvalue weighted by Gasteiger charge is 2.40. The van der Waals surface area contributed by atoms with E-state index in [0.29, 0.717) is 13.2 Å². The highest BCUT2D eigenvalue weighted by Crippen LogP contribution is 2.34. The number of carbonyl (C=O) groups is 1. The van der Waals surface area contributed by atoms with Crippen molar-refractivity contribution in [3.05, 3.63) is 0 Å². The zero-order valence-corrected chi connectivity index (χ0v) is 10.4. The summed E-state index contributed by atoms with van der Waals surface area (Å²) in [5.41, 5.74) is -0.180. The summed E-state index contributed by atoms with van der Waals surface area (Å²) in [4.78, 5) is 13.5. The number of aliphatic hydroxyl groups is 1. The average molecular weight is 242 g/mol. The predicted molar refractivity (Wildman–Crippen MR) is 63.8 cm³/mol. The number of carbonyl (C=O) groups excluding carboxylic acids is 1. The van der Waals surface area contributed by atoms with E-state index in [1.165, 1.54) is 0 Å². The number of aliphatic hydroxyl groups excluding tert-OH is 1. The Morgan fingerprint density at radius 1 is 1.53 bits per heavy atom. The molecule has 0 aromatic rings. The first-order valence-corrected chi connectivity index (χ1v) is 6.50. The molecule has 0 aromatic heterocycles. The Hall–Kier alpha value is -0.810. The highest BCUT2D eigenvalue weighted by molar-refractivity contribution is 5.74. The number of nitrogens with zero attached hydrogens (tertiary/aromatic N) is 1. The Bertz CT molecular complexity index is 275. The summed E-state index contributed by atoms with van der Waals surface area (Å²) in [6.45, 7) is 4.67. The maximum Gasteiger partial charge on any atom is 0.317 e. The maximum atomic E-state index is 11.7. The minimum absolute atomic E-state index is 0.0127. The number of amides is 2. The van der Waals surface area contributed by atoms with Crippen molar-refractivity contribution in [2.45, 2.75) is 44.3 Å². The van der Waals surface area contributed by atoms with Crippen LogP contribution in [0, 0.1) is 0 Å². The number of ether oxygens (including phenoxy) is 1. The van der Waals surface area contributed by atoms with Gasteiger partial charge in [0.05, 0.1) is 11.7 Å². The number of rotatable bonds is 1. The maximum absolute atomic E-state index is 11.7. The molecule has 2 saturated heterocycles. The van der Waals surface area contributed by atoms with Crippen molar-refractivity contribution >= 4 is 6.03 Å². The Kier molecular flexibility index (Phi) is 3.89. The quantitative estimate of drug-likeness (QED) is 0.712. The molecule has 17 heavy (non-hydrogen) atoms. The van der Waals surface area contributed by atoms with Gasteiger partial charge < -0.3 is 20.1 Å². The number of hydrogen-bond acceptors (Lipinski definition) is 3. The van der Waals surface area contributed by atoms with Crippen LogP contribution in [0.5, 0.6) is 0 Å². The average Bonchev–Trinajstić information content (AvgIpc) is 2.30. The molecule has 0 bridgehead atoms. The molecule has 2 aliphatic rings. The first kappa shape index (κ1) is 12.6. The molecule has 2 amide bonds. The van der Waals surface area contributed by atoms with Gasteiger partial charge in [0, 0.05) is 32.7 Å². The van der Waals surface area contributed by atoms with E-state index in [9.17, 15) is 9.90 Å². The fraction of sp³-hybridized carbons (Fsp3) is 0.917. The number of nitrogens with one attached hydrogen (secondary N) is 1. The van der Waals surface area contributed by atoms with E-state index >= 15 is 0 Å². The summed E-state index contributed by atoms with van der Waals surface area (Å²) in [6, 6.07) is 0.0127. The van der Waals surface area contributed by atoms with E-state index in [0.717, 1.165) is 38.8 Å². The Balaban J connectivity index is 1.86. The van der Waals surface area contributed by atoms with Gasteiger partial charge in [0.25, 0.3) is 0 Å². The number of hydrogen-bond donors (Lipinski definition) is 2. The van der Waals surface area contributed by atoms with Gasteiger partial charge in [0.15, 0.2) is 0 Å². The van der Waals surface area contributed by atoms with Gasteiger partial charge in [-0.15, -0.1) is 0 Å². The first-order valence-electron chi connectivity index (χ1n) is 6.50. The van der Waals surface area contributed by atoms with E-state index in [4.69, 9.17) is 4.74 Å². The van der Waals surface area contributed by atoms with Crippen molar-refractivity contribution in [2.24, 2.45) is 0 Å². The third kappa shape index (κ3) is 2.90. The SMILES string of the molecule is CCNC(=O)N1CCC2(CC1)CC(O)CCO2. The molecule has 0 aromatic carbocycles. The molecule has 5 heteroatoms. The zero-order valence-electron chi connectivity index (χ0n) is 10.4. The highest BCUT2D eigenvalue weighted by atomic mass is 16.5. The Morgan fingerprint density at radius 2 is 2.24 bits per heavy atom. The van der Waals surface area contributed by atoms with Crippen molar-refractivity contribution in [3.8, 4) is 0 Å². The molecule has 1 spiro atoms. The molecule has 2 N–H and O–H groups in total. The summed E-state index contributed by atoms with van der Waals surface area (Å²) >= 11 is 0. The zero-order chi connectivity index (χ0) is 12.3. The molecule has 1 atom stereocenters. The van der Waals surface area contributed by atoms with Crippen molar-refractivity contribution in [1.29, 1.82) is 0 Å². The molecule has 2 rings (SSSR count). The molecular weight excluding hydrogens is 220 g/mol. The second-order valence-corrected chi connectivity index (χ2v) is 5.00. The molecule has 0 saturated carbocycles. The van der Waals surface area contributed by atoms with E-state index < -0.39 is 0 Å². The Morgan fingerprint density at radius 3 is 2.82 bits per heavy atom. The second kappa shape index (κ2) is 5.23. The van der Waals surface area contributed by atoms with Crippen LogP contribution >= 0.6 is 0 Å². The van der Waals surface area contributed by atoms with Gasteiger partial charge >= 0.3 is 6.03 Å². The van der Waals surface area contributed by atoms with Crippen LogP contribution in [-0.2, 0) is 4.74 Å². The summed E-state index contributed by atoms with van der Waals surface area (Å²) in [6.07, 6.45) is 2.89. The molecule has 2 fully saturated rings. The van der Waals surface area contributed by atoms with Gasteiger partial charge in [-0.25, -0.2) is 4.79 Å². The molecule has 1 unspecified atom stereocenters. The fourth-order valence-corrected chi connectivity index (χ4v) is 2.73. The van der Waals surface area contributed by atoms with Crippen LogP contribution in [-0.4, -0.2) is 54.0 Å². The topological polar surface area (TPSA) is 61.8 Å². The van der Waals surface area contributed by atoms with Gasteiger partial charge in [-0.2, -0.15) is 0 Å². The lowest BCUT2D eigenvalue weighted by Gasteiger charge is -2.45. The van der Waals surface area contributed by atoms with E-state index in [1.54, 1.807) is 0 Å². The normalized spacial score (nSPS) is 28.1. The van der Waals surface area contributed by atoms with Crippen molar-refractivity contribution < 1.29 is 14.6 Å². The molecular formula is C12H22N2O3. The first-order chi connectivity index (χ1) is 8.15. The summed E-state index contributed by atoms with van der Waals surface area (Å²) in [5, 5.41) is 12.5. The lowest BCUT2D eigenvalue weighted by atomic mass is 9.83. The van der Waals surface area contributed by atoms with Crippen LogP contribution < -0.4 is 5.32 Å². The number of piperidine rings is 1. The van der Waals surface area contributed by atoms with Crippen LogP contribution in [0.3, 0.4) is 0 Å². The van der Waals surface area contributed by atoms with Gasteiger partial charge in [-0.05, 0) is 26.2 Å². The van der Waals surface area contributed by atoms with Crippen LogP contribution in [0.2, 0.25) is 0 Å². The number of urea groups is 1. The van der Waals surface area contributed by atoms with Crippen LogP contribution in [0.25, 0.3) is 0 Å². The van der Waals surface area contributed by atoms with Crippen LogP contribution in [0.4, 0.5) is 4.79 Å². The predicted octanol–water partition coefficient (Wildman–Crippen LogP) is 0.722. The van der Waals surface area contributed by atoms with Crippen molar-refractivity contribution in [1.82, 2.24) is 10.2 Å². The largest absolute Gasteiger partial charge is 0.393 e. The third-order valence-corrected chi connectivity index (χ3v) is 3.76. The second-order valence-electron chi connectivity index (χ2n) is 5.00. The lowest BCUT2D eigenvalue weighted by molar-refractivity contribution is -0.139. The van der Waals surface area contributed by atoms with Crippen molar-refractivity contribution in [3.63, 3.8) is 0 Å². The van der Waals surface area contributed by atoms with E-state index in [-0.39, 0.29) is 17.7 Å². The summed E-state index contributed by atoms with van der Waals surface area (Å²) in [7, 11) is 0. The molecule has 5 nitrogen and oxygen atoms in total. The van der Waals surface area contributed by atoms with Gasteiger partial charge in [0.2, 0.25) is 0 Å². The third-order valence-electron chi connectivity index (χ3n) is 3.76. The molecule has 2 aliphatic heterocycles. The van der Waals surface area contributed by atoms with Gasteiger partial charge in [-0.1, -0.05) is 0 Å². The van der Waals surface area contributed by atoms with Crippen LogP contribution in [0.1, 0.15) is 32.6 Å². The standard InChI is InChI=1S/C12H22N2O3/c1-2-13-11(16)14-6-4-12(5-7-14)9-10(15)3-8-17-12/h10,15H,2-9H2,1H3,(H,13,16). The smallest absolute Gasteiger partial charge is 0.317 e. The van der Waals surface area contributed by atoms with Crippen molar-refractivity contribution in [2.75, 3.05) is 26.2 Å². The molecule has 2 heterocycles. The summed E-state index contributed by atoms with van der Waals surface area (Å²) in [5.74, 6) is 0. The summed E-state index contributed by atoms with van der Waals surface area (Å²) < 4.78 is 5.85. The van der Waals surface area contributed by atoms with E-state index in [1.807, 2.05) is 11.8 Å². The molecule has 0 radical (unpaired) electrons.